The van der Waals surface area contributed by atoms with Crippen LogP contribution in [0.2, 0.25) is 0 Å². The fraction of sp³-hybridized carbons (Fsp3) is 0.500. The third kappa shape index (κ3) is 6.71. The van der Waals surface area contributed by atoms with Crippen LogP contribution in [0, 0.1) is 0 Å². The van der Waals surface area contributed by atoms with Gasteiger partial charge < -0.3 is 0 Å². The van der Waals surface area contributed by atoms with Crippen LogP contribution in [0.15, 0.2) is 30.3 Å². The van der Waals surface area contributed by atoms with Crippen LogP contribution in [0.1, 0.15) is 32.8 Å². The lowest BCUT2D eigenvalue weighted by molar-refractivity contribution is 0.816. The zero-order valence-corrected chi connectivity index (χ0v) is 9.72. The number of thiol groups is 1. The van der Waals surface area contributed by atoms with Gasteiger partial charge in [0.05, 0.1) is 0 Å². The highest BCUT2D eigenvalue weighted by Gasteiger charge is 1.95. The summed E-state index contributed by atoms with van der Waals surface area (Å²) < 4.78 is 0. The molecule has 1 rings (SSSR count). The van der Waals surface area contributed by atoms with Crippen LogP contribution in [-0.4, -0.2) is 5.25 Å². The van der Waals surface area contributed by atoms with Crippen LogP contribution >= 0.6 is 12.6 Å². The first-order valence-corrected chi connectivity index (χ1v) is 5.52. The monoisotopic (exact) mass is 196 g/mol. The lowest BCUT2D eigenvalue weighted by Crippen LogP contribution is -1.93. The zero-order valence-electron chi connectivity index (χ0n) is 8.83. The van der Waals surface area contributed by atoms with Gasteiger partial charge in [0.25, 0.3) is 0 Å². The standard InChI is InChI=1S/C10H14S.C2H6/c1-9(11)7-8-10-5-3-2-4-6-10;1-2/h2-6,9,11H,7-8H2,1H3;1-2H3. The predicted molar refractivity (Wildman–Crippen MR) is 64.6 cm³/mol. The van der Waals surface area contributed by atoms with Crippen molar-refractivity contribution in [3.8, 4) is 0 Å². The maximum atomic E-state index is 4.33. The van der Waals surface area contributed by atoms with Crippen LogP contribution in [0.3, 0.4) is 0 Å². The average Bonchev–Trinajstić information content (AvgIpc) is 2.19. The minimum atomic E-state index is 0.509. The third-order valence-corrected chi connectivity index (χ3v) is 1.95. The summed E-state index contributed by atoms with van der Waals surface area (Å²) in [6.45, 7) is 6.13. The zero-order chi connectivity index (χ0) is 10.1. The first kappa shape index (κ1) is 12.6. The minimum Gasteiger partial charge on any atom is -0.176 e. The highest BCUT2D eigenvalue weighted by atomic mass is 32.1. The quantitative estimate of drug-likeness (QED) is 0.695. The van der Waals surface area contributed by atoms with Crippen molar-refractivity contribution in [2.24, 2.45) is 0 Å². The number of benzene rings is 1. The molecule has 0 spiro atoms. The van der Waals surface area contributed by atoms with E-state index in [2.05, 4.69) is 43.8 Å². The van der Waals surface area contributed by atoms with E-state index < -0.39 is 0 Å². The van der Waals surface area contributed by atoms with Crippen molar-refractivity contribution in [1.29, 1.82) is 0 Å². The molecule has 1 heteroatoms. The number of hydrogen-bond acceptors (Lipinski definition) is 1. The lowest BCUT2D eigenvalue weighted by atomic mass is 10.1. The van der Waals surface area contributed by atoms with Gasteiger partial charge in [-0.3, -0.25) is 0 Å². The van der Waals surface area contributed by atoms with Gasteiger partial charge in [-0.05, 0) is 23.7 Å². The highest BCUT2D eigenvalue weighted by molar-refractivity contribution is 7.80. The van der Waals surface area contributed by atoms with E-state index in [1.807, 2.05) is 19.9 Å². The van der Waals surface area contributed by atoms with Gasteiger partial charge in [-0.25, -0.2) is 0 Å². The Balaban J connectivity index is 0.000000671. The summed E-state index contributed by atoms with van der Waals surface area (Å²) in [5.74, 6) is 0. The van der Waals surface area contributed by atoms with E-state index in [0.717, 1.165) is 12.8 Å². The van der Waals surface area contributed by atoms with Crippen molar-refractivity contribution in [2.45, 2.75) is 38.9 Å². The molecule has 0 radical (unpaired) electrons. The van der Waals surface area contributed by atoms with Gasteiger partial charge in [0.1, 0.15) is 0 Å². The second-order valence-electron chi connectivity index (χ2n) is 2.87. The Kier molecular flexibility index (Phi) is 7.91. The maximum Gasteiger partial charge on any atom is -0.000843 e. The molecule has 74 valence electrons. The molecule has 0 bridgehead atoms. The van der Waals surface area contributed by atoms with Crippen LogP contribution in [0.4, 0.5) is 0 Å². The van der Waals surface area contributed by atoms with Crippen molar-refractivity contribution < 1.29 is 0 Å². The summed E-state index contributed by atoms with van der Waals surface area (Å²) in [5.41, 5.74) is 1.41. The Morgan fingerprint density at radius 1 is 1.15 bits per heavy atom. The molecule has 1 aromatic rings. The highest BCUT2D eigenvalue weighted by Crippen LogP contribution is 2.07. The van der Waals surface area contributed by atoms with E-state index in [0.29, 0.717) is 5.25 Å². The molecule has 0 amide bonds. The molecule has 0 aliphatic heterocycles. The third-order valence-electron chi connectivity index (χ3n) is 1.69. The van der Waals surface area contributed by atoms with Crippen LogP contribution < -0.4 is 0 Å². The van der Waals surface area contributed by atoms with E-state index in [-0.39, 0.29) is 0 Å². The first-order valence-electron chi connectivity index (χ1n) is 5.01. The van der Waals surface area contributed by atoms with Gasteiger partial charge in [0.15, 0.2) is 0 Å². The number of hydrogen-bond donors (Lipinski definition) is 1. The maximum absolute atomic E-state index is 4.33. The summed E-state index contributed by atoms with van der Waals surface area (Å²) >= 11 is 4.33. The molecule has 0 nitrogen and oxygen atoms in total. The smallest absolute Gasteiger partial charge is 0.000843 e. The molecule has 0 aliphatic rings. The lowest BCUT2D eigenvalue weighted by Gasteiger charge is -2.02. The summed E-state index contributed by atoms with van der Waals surface area (Å²) in [7, 11) is 0. The van der Waals surface area contributed by atoms with Gasteiger partial charge in [0, 0.05) is 0 Å². The van der Waals surface area contributed by atoms with Gasteiger partial charge in [-0.15, -0.1) is 0 Å². The molecular formula is C12H20S. The van der Waals surface area contributed by atoms with E-state index in [9.17, 15) is 0 Å². The van der Waals surface area contributed by atoms with Crippen molar-refractivity contribution in [3.05, 3.63) is 35.9 Å². The van der Waals surface area contributed by atoms with Crippen LogP contribution in [0.25, 0.3) is 0 Å². The van der Waals surface area contributed by atoms with Gasteiger partial charge in [-0.1, -0.05) is 51.1 Å². The molecule has 0 saturated heterocycles. The van der Waals surface area contributed by atoms with E-state index in [4.69, 9.17) is 0 Å². The van der Waals surface area contributed by atoms with Gasteiger partial charge in [-0.2, -0.15) is 12.6 Å². The molecule has 13 heavy (non-hydrogen) atoms. The Bertz CT molecular complexity index is 192. The Hall–Kier alpha value is -0.430. The number of rotatable bonds is 3. The number of aryl methyl sites for hydroxylation is 1. The van der Waals surface area contributed by atoms with E-state index in [1.54, 1.807) is 0 Å². The predicted octanol–water partition coefficient (Wildman–Crippen LogP) is 3.96. The summed E-state index contributed by atoms with van der Waals surface area (Å²) in [6, 6.07) is 10.5. The topological polar surface area (TPSA) is 0 Å². The fourth-order valence-electron chi connectivity index (χ4n) is 1.02. The SMILES string of the molecule is CC.CC(S)CCc1ccccc1. The molecule has 0 heterocycles. The molecular weight excluding hydrogens is 176 g/mol. The Morgan fingerprint density at radius 3 is 2.15 bits per heavy atom. The second kappa shape index (κ2) is 8.18. The normalized spacial score (nSPS) is 11.4. The molecule has 0 saturated carbocycles. The second-order valence-corrected chi connectivity index (χ2v) is 3.75. The van der Waals surface area contributed by atoms with Crippen LogP contribution in [0.5, 0.6) is 0 Å². The summed E-state index contributed by atoms with van der Waals surface area (Å²) in [6.07, 6.45) is 2.30. The van der Waals surface area contributed by atoms with Crippen molar-refractivity contribution >= 4 is 12.6 Å². The molecule has 0 aliphatic carbocycles. The van der Waals surface area contributed by atoms with Crippen molar-refractivity contribution in [3.63, 3.8) is 0 Å². The molecule has 0 aromatic heterocycles. The van der Waals surface area contributed by atoms with Crippen molar-refractivity contribution in [2.75, 3.05) is 0 Å². The molecule has 1 unspecified atom stereocenters. The Morgan fingerprint density at radius 2 is 1.69 bits per heavy atom. The largest absolute Gasteiger partial charge is 0.176 e. The molecule has 0 N–H and O–H groups in total. The van der Waals surface area contributed by atoms with E-state index in [1.165, 1.54) is 5.56 Å². The van der Waals surface area contributed by atoms with Crippen LogP contribution in [-0.2, 0) is 6.42 Å². The fourth-order valence-corrected chi connectivity index (χ4v) is 1.15. The minimum absolute atomic E-state index is 0.509. The van der Waals surface area contributed by atoms with Gasteiger partial charge >= 0.3 is 0 Å². The van der Waals surface area contributed by atoms with Crippen molar-refractivity contribution in [1.82, 2.24) is 0 Å². The van der Waals surface area contributed by atoms with Gasteiger partial charge in [0.2, 0.25) is 0 Å². The summed E-state index contributed by atoms with van der Waals surface area (Å²) in [4.78, 5) is 0. The molecule has 1 atom stereocenters. The average molecular weight is 196 g/mol. The van der Waals surface area contributed by atoms with E-state index >= 15 is 0 Å². The molecule has 1 aromatic carbocycles. The first-order chi connectivity index (χ1) is 6.29. The summed E-state index contributed by atoms with van der Waals surface area (Å²) in [5, 5.41) is 0.509. The Labute approximate surface area is 87.8 Å². The molecule has 0 fully saturated rings.